The summed E-state index contributed by atoms with van der Waals surface area (Å²) >= 11 is 6.05. The molecule has 0 unspecified atom stereocenters. The summed E-state index contributed by atoms with van der Waals surface area (Å²) < 4.78 is 0. The zero-order chi connectivity index (χ0) is 12.4. The molecule has 2 fully saturated rings. The third kappa shape index (κ3) is 3.14. The van der Waals surface area contributed by atoms with Gasteiger partial charge in [-0.25, -0.2) is 9.97 Å². The Morgan fingerprint density at radius 2 is 1.89 bits per heavy atom. The molecular formula is C14H20ClN3. The third-order valence-corrected chi connectivity index (χ3v) is 4.14. The first-order valence-electron chi connectivity index (χ1n) is 7.09. The highest BCUT2D eigenvalue weighted by atomic mass is 35.5. The SMILES string of the molecule is Clc1cc(NCC2CCCCC2)nc(C2CC2)n1. The van der Waals surface area contributed by atoms with Gasteiger partial charge in [0.2, 0.25) is 0 Å². The van der Waals surface area contributed by atoms with E-state index < -0.39 is 0 Å². The van der Waals surface area contributed by atoms with Crippen LogP contribution in [0, 0.1) is 5.92 Å². The molecular weight excluding hydrogens is 246 g/mol. The zero-order valence-corrected chi connectivity index (χ0v) is 11.4. The first-order valence-corrected chi connectivity index (χ1v) is 7.47. The van der Waals surface area contributed by atoms with Crippen LogP contribution in [0.5, 0.6) is 0 Å². The fourth-order valence-corrected chi connectivity index (χ4v) is 2.88. The summed E-state index contributed by atoms with van der Waals surface area (Å²) in [6.45, 7) is 1.03. The van der Waals surface area contributed by atoms with Crippen molar-refractivity contribution in [3.8, 4) is 0 Å². The minimum Gasteiger partial charge on any atom is -0.370 e. The Hall–Kier alpha value is -0.830. The van der Waals surface area contributed by atoms with Gasteiger partial charge in [-0.1, -0.05) is 30.9 Å². The molecule has 0 radical (unpaired) electrons. The largest absolute Gasteiger partial charge is 0.370 e. The number of nitrogens with one attached hydrogen (secondary N) is 1. The van der Waals surface area contributed by atoms with E-state index in [1.165, 1.54) is 44.9 Å². The van der Waals surface area contributed by atoms with Crippen LogP contribution >= 0.6 is 11.6 Å². The second kappa shape index (κ2) is 5.43. The van der Waals surface area contributed by atoms with Gasteiger partial charge in [-0.2, -0.15) is 0 Å². The molecule has 98 valence electrons. The summed E-state index contributed by atoms with van der Waals surface area (Å²) in [5.41, 5.74) is 0. The molecule has 0 amide bonds. The van der Waals surface area contributed by atoms with E-state index in [0.717, 1.165) is 24.1 Å². The standard InChI is InChI=1S/C14H20ClN3/c15-12-8-13(18-14(17-12)11-6-7-11)16-9-10-4-2-1-3-5-10/h8,10-11H,1-7,9H2,(H,16,17,18). The zero-order valence-electron chi connectivity index (χ0n) is 10.7. The van der Waals surface area contributed by atoms with Crippen molar-refractivity contribution in [1.29, 1.82) is 0 Å². The third-order valence-electron chi connectivity index (χ3n) is 3.95. The summed E-state index contributed by atoms with van der Waals surface area (Å²) in [4.78, 5) is 8.88. The van der Waals surface area contributed by atoms with E-state index in [0.29, 0.717) is 11.1 Å². The molecule has 0 aliphatic heterocycles. The van der Waals surface area contributed by atoms with E-state index in [1.807, 2.05) is 6.07 Å². The van der Waals surface area contributed by atoms with Crippen molar-refractivity contribution < 1.29 is 0 Å². The van der Waals surface area contributed by atoms with Gasteiger partial charge in [0.05, 0.1) is 0 Å². The Balaban J connectivity index is 1.60. The van der Waals surface area contributed by atoms with Crippen molar-refractivity contribution in [3.63, 3.8) is 0 Å². The van der Waals surface area contributed by atoms with E-state index in [-0.39, 0.29) is 0 Å². The monoisotopic (exact) mass is 265 g/mol. The van der Waals surface area contributed by atoms with Crippen LogP contribution < -0.4 is 5.32 Å². The molecule has 18 heavy (non-hydrogen) atoms. The maximum Gasteiger partial charge on any atom is 0.135 e. The van der Waals surface area contributed by atoms with Crippen LogP contribution in [0.2, 0.25) is 5.15 Å². The van der Waals surface area contributed by atoms with Crippen LogP contribution in [0.15, 0.2) is 6.07 Å². The van der Waals surface area contributed by atoms with Crippen LogP contribution in [0.1, 0.15) is 56.7 Å². The molecule has 1 heterocycles. The van der Waals surface area contributed by atoms with Gasteiger partial charge in [0, 0.05) is 18.5 Å². The highest BCUT2D eigenvalue weighted by Gasteiger charge is 2.27. The summed E-state index contributed by atoms with van der Waals surface area (Å²) in [5, 5.41) is 4.01. The summed E-state index contributed by atoms with van der Waals surface area (Å²) in [6, 6.07) is 1.84. The van der Waals surface area contributed by atoms with E-state index in [1.54, 1.807) is 0 Å². The number of rotatable bonds is 4. The Labute approximate surface area is 113 Å². The molecule has 4 heteroatoms. The van der Waals surface area contributed by atoms with E-state index in [4.69, 9.17) is 11.6 Å². The molecule has 1 N–H and O–H groups in total. The van der Waals surface area contributed by atoms with Crippen molar-refractivity contribution in [3.05, 3.63) is 17.0 Å². The fourth-order valence-electron chi connectivity index (χ4n) is 2.69. The van der Waals surface area contributed by atoms with Crippen LogP contribution in [0.25, 0.3) is 0 Å². The van der Waals surface area contributed by atoms with Crippen molar-refractivity contribution in [2.75, 3.05) is 11.9 Å². The minimum absolute atomic E-state index is 0.555. The number of halogens is 1. The number of hydrogen-bond acceptors (Lipinski definition) is 3. The first kappa shape index (κ1) is 12.2. The minimum atomic E-state index is 0.555. The average Bonchev–Trinajstić information content (AvgIpc) is 3.21. The lowest BCUT2D eigenvalue weighted by molar-refractivity contribution is 0.373. The quantitative estimate of drug-likeness (QED) is 0.836. The van der Waals surface area contributed by atoms with Crippen LogP contribution in [0.3, 0.4) is 0 Å². The predicted molar refractivity (Wildman–Crippen MR) is 74.1 cm³/mol. The van der Waals surface area contributed by atoms with Crippen LogP contribution in [0.4, 0.5) is 5.82 Å². The Bertz CT molecular complexity index is 412. The molecule has 0 atom stereocenters. The molecule has 1 aromatic heterocycles. The predicted octanol–water partition coefficient (Wildman–Crippen LogP) is 4.00. The van der Waals surface area contributed by atoms with Gasteiger partial charge < -0.3 is 5.32 Å². The molecule has 2 aliphatic rings. The number of anilines is 1. The number of hydrogen-bond donors (Lipinski definition) is 1. The first-order chi connectivity index (χ1) is 8.81. The Morgan fingerprint density at radius 3 is 2.61 bits per heavy atom. The van der Waals surface area contributed by atoms with Crippen molar-refractivity contribution in [2.24, 2.45) is 5.92 Å². The van der Waals surface area contributed by atoms with Gasteiger partial charge in [0.25, 0.3) is 0 Å². The lowest BCUT2D eigenvalue weighted by Crippen LogP contribution is -2.18. The Morgan fingerprint density at radius 1 is 1.11 bits per heavy atom. The number of aromatic nitrogens is 2. The molecule has 1 aromatic rings. The van der Waals surface area contributed by atoms with E-state index in [2.05, 4.69) is 15.3 Å². The fraction of sp³-hybridized carbons (Fsp3) is 0.714. The summed E-state index contributed by atoms with van der Waals surface area (Å²) in [7, 11) is 0. The topological polar surface area (TPSA) is 37.8 Å². The molecule has 3 nitrogen and oxygen atoms in total. The molecule has 0 bridgehead atoms. The van der Waals surface area contributed by atoms with Gasteiger partial charge in [-0.3, -0.25) is 0 Å². The van der Waals surface area contributed by atoms with Crippen LogP contribution in [-0.4, -0.2) is 16.5 Å². The van der Waals surface area contributed by atoms with Gasteiger partial charge >= 0.3 is 0 Å². The van der Waals surface area contributed by atoms with E-state index >= 15 is 0 Å². The second-order valence-electron chi connectivity index (χ2n) is 5.59. The molecule has 3 rings (SSSR count). The molecule has 2 aliphatic carbocycles. The molecule has 0 spiro atoms. The lowest BCUT2D eigenvalue weighted by Gasteiger charge is -2.22. The molecule has 0 aromatic carbocycles. The normalized spacial score (nSPS) is 20.9. The average molecular weight is 266 g/mol. The van der Waals surface area contributed by atoms with Gasteiger partial charge in [0.1, 0.15) is 16.8 Å². The summed E-state index contributed by atoms with van der Waals surface area (Å²) in [5.74, 6) is 3.19. The van der Waals surface area contributed by atoms with Crippen molar-refractivity contribution in [2.45, 2.75) is 50.9 Å². The van der Waals surface area contributed by atoms with Crippen LogP contribution in [-0.2, 0) is 0 Å². The molecule has 2 saturated carbocycles. The van der Waals surface area contributed by atoms with E-state index in [9.17, 15) is 0 Å². The maximum absolute atomic E-state index is 6.05. The van der Waals surface area contributed by atoms with Crippen molar-refractivity contribution >= 4 is 17.4 Å². The van der Waals surface area contributed by atoms with Gasteiger partial charge in [0.15, 0.2) is 0 Å². The number of nitrogens with zero attached hydrogens (tertiary/aromatic N) is 2. The summed E-state index contributed by atoms with van der Waals surface area (Å²) in [6.07, 6.45) is 9.28. The second-order valence-corrected chi connectivity index (χ2v) is 5.98. The molecule has 0 saturated heterocycles. The van der Waals surface area contributed by atoms with Gasteiger partial charge in [-0.05, 0) is 31.6 Å². The smallest absolute Gasteiger partial charge is 0.135 e. The van der Waals surface area contributed by atoms with Crippen molar-refractivity contribution in [1.82, 2.24) is 9.97 Å². The maximum atomic E-state index is 6.05. The highest BCUT2D eigenvalue weighted by Crippen LogP contribution is 2.38. The Kier molecular flexibility index (Phi) is 3.69. The lowest BCUT2D eigenvalue weighted by atomic mass is 9.89. The van der Waals surface area contributed by atoms with Gasteiger partial charge in [-0.15, -0.1) is 0 Å². The highest BCUT2D eigenvalue weighted by molar-refractivity contribution is 6.29.